The van der Waals surface area contributed by atoms with Crippen molar-refractivity contribution in [3.8, 4) is 0 Å². The van der Waals surface area contributed by atoms with E-state index in [1.807, 2.05) is 0 Å². The van der Waals surface area contributed by atoms with Gasteiger partial charge in [0.05, 0.1) is 12.2 Å². The largest absolute Gasteiger partial charge is 0.373 e. The highest BCUT2D eigenvalue weighted by molar-refractivity contribution is 5.85. The van der Waals surface area contributed by atoms with Crippen LogP contribution < -0.4 is 0 Å². The number of hydrogen-bond donors (Lipinski definition) is 0. The molecule has 0 aliphatic carbocycles. The van der Waals surface area contributed by atoms with Crippen LogP contribution in [-0.2, 0) is 22.0 Å². The topological polar surface area (TPSA) is 12.5 Å². The smallest absolute Gasteiger partial charge is 0.0678 e. The number of ether oxygens (including phenoxy) is 1. The number of halogens is 1. The van der Waals surface area contributed by atoms with Gasteiger partial charge in [-0.1, -0.05) is 66.7 Å². The molecule has 1 aliphatic rings. The monoisotopic (exact) mass is 423 g/mol. The lowest BCUT2D eigenvalue weighted by molar-refractivity contribution is -0.0708. The van der Waals surface area contributed by atoms with Gasteiger partial charge in [-0.2, -0.15) is 0 Å². The Labute approximate surface area is 187 Å². The number of hydrogen-bond acceptors (Lipinski definition) is 2. The molecule has 0 aromatic heterocycles. The molecule has 1 aromatic carbocycles. The molecule has 1 fully saturated rings. The van der Waals surface area contributed by atoms with E-state index >= 15 is 0 Å². The van der Waals surface area contributed by atoms with Crippen LogP contribution in [0.1, 0.15) is 91.8 Å². The third-order valence-electron chi connectivity index (χ3n) is 6.97. The summed E-state index contributed by atoms with van der Waals surface area (Å²) in [5.74, 6) is 0.648. The summed E-state index contributed by atoms with van der Waals surface area (Å²) in [6, 6.07) is 7.45. The first-order valence-electron chi connectivity index (χ1n) is 11.5. The highest BCUT2D eigenvalue weighted by Gasteiger charge is 2.26. The second kappa shape index (κ2) is 10.6. The molecule has 1 unspecified atom stereocenters. The SMILES string of the molecule is CCC(C)(C)c1cc(CC(C)CN2C[C@@H](C)O[C@@H](C)C2)cc(C(C)(C)CC)c1.Cl. The minimum Gasteiger partial charge on any atom is -0.373 e. The zero-order valence-electron chi connectivity index (χ0n) is 20.5. The Bertz CT molecular complexity index is 595. The van der Waals surface area contributed by atoms with Gasteiger partial charge in [-0.05, 0) is 66.5 Å². The lowest BCUT2D eigenvalue weighted by atomic mass is 9.75. The first-order valence-corrected chi connectivity index (χ1v) is 11.5. The predicted molar refractivity (Wildman–Crippen MR) is 130 cm³/mol. The minimum atomic E-state index is 0. The van der Waals surface area contributed by atoms with E-state index in [9.17, 15) is 0 Å². The van der Waals surface area contributed by atoms with Gasteiger partial charge in [-0.3, -0.25) is 4.90 Å². The minimum absolute atomic E-state index is 0. The van der Waals surface area contributed by atoms with Crippen LogP contribution in [0.5, 0.6) is 0 Å². The van der Waals surface area contributed by atoms with Crippen molar-refractivity contribution in [3.63, 3.8) is 0 Å². The van der Waals surface area contributed by atoms with Gasteiger partial charge in [0.25, 0.3) is 0 Å². The van der Waals surface area contributed by atoms with Crippen molar-refractivity contribution in [1.29, 1.82) is 0 Å². The molecule has 0 N–H and O–H groups in total. The molecule has 168 valence electrons. The van der Waals surface area contributed by atoms with E-state index in [1.165, 1.54) is 29.5 Å². The third kappa shape index (κ3) is 7.26. The highest BCUT2D eigenvalue weighted by atomic mass is 35.5. The first-order chi connectivity index (χ1) is 13.0. The molecular formula is C26H46ClNO. The Hall–Kier alpha value is -0.570. The van der Waals surface area contributed by atoms with Crippen LogP contribution in [0.2, 0.25) is 0 Å². The van der Waals surface area contributed by atoms with Crippen molar-refractivity contribution in [2.24, 2.45) is 5.92 Å². The molecular weight excluding hydrogens is 378 g/mol. The van der Waals surface area contributed by atoms with Crippen LogP contribution in [0, 0.1) is 5.92 Å². The summed E-state index contributed by atoms with van der Waals surface area (Å²) in [6.45, 7) is 24.2. The zero-order valence-corrected chi connectivity index (χ0v) is 21.3. The van der Waals surface area contributed by atoms with Gasteiger partial charge in [0.1, 0.15) is 0 Å². The number of rotatable bonds is 8. The normalized spacial score (nSPS) is 22.2. The fourth-order valence-corrected chi connectivity index (χ4v) is 4.34. The van der Waals surface area contributed by atoms with Gasteiger partial charge >= 0.3 is 0 Å². The lowest BCUT2D eigenvalue weighted by Gasteiger charge is -2.36. The van der Waals surface area contributed by atoms with E-state index in [4.69, 9.17) is 4.74 Å². The molecule has 2 rings (SSSR count). The van der Waals surface area contributed by atoms with Gasteiger partial charge in [0, 0.05) is 19.6 Å². The highest BCUT2D eigenvalue weighted by Crippen LogP contribution is 2.34. The Morgan fingerprint density at radius 3 is 1.79 bits per heavy atom. The fraction of sp³-hybridized carbons (Fsp3) is 0.769. The average molecular weight is 424 g/mol. The van der Waals surface area contributed by atoms with Crippen LogP contribution in [-0.4, -0.2) is 36.7 Å². The molecule has 0 saturated carbocycles. The van der Waals surface area contributed by atoms with Crippen molar-refractivity contribution < 1.29 is 4.74 Å². The van der Waals surface area contributed by atoms with Crippen molar-refractivity contribution in [2.45, 2.75) is 105 Å². The predicted octanol–water partition coefficient (Wildman–Crippen LogP) is 6.77. The second-order valence-electron chi connectivity index (χ2n) is 10.7. The molecule has 1 saturated heterocycles. The van der Waals surface area contributed by atoms with Crippen molar-refractivity contribution in [2.75, 3.05) is 19.6 Å². The number of nitrogens with zero attached hydrogens (tertiary/aromatic N) is 1. The lowest BCUT2D eigenvalue weighted by Crippen LogP contribution is -2.47. The summed E-state index contributed by atoms with van der Waals surface area (Å²) < 4.78 is 5.91. The second-order valence-corrected chi connectivity index (χ2v) is 10.7. The Balaban J connectivity index is 0.00000420. The summed E-state index contributed by atoms with van der Waals surface area (Å²) >= 11 is 0. The summed E-state index contributed by atoms with van der Waals surface area (Å²) in [7, 11) is 0. The molecule has 3 heteroatoms. The molecule has 29 heavy (non-hydrogen) atoms. The molecule has 0 spiro atoms. The van der Waals surface area contributed by atoms with Gasteiger partial charge in [-0.25, -0.2) is 0 Å². The van der Waals surface area contributed by atoms with E-state index in [0.29, 0.717) is 18.1 Å². The van der Waals surface area contributed by atoms with Gasteiger partial charge in [-0.15, -0.1) is 12.4 Å². The van der Waals surface area contributed by atoms with Crippen molar-refractivity contribution in [3.05, 3.63) is 34.9 Å². The van der Waals surface area contributed by atoms with E-state index < -0.39 is 0 Å². The summed E-state index contributed by atoms with van der Waals surface area (Å²) in [5.41, 5.74) is 4.98. The molecule has 0 bridgehead atoms. The van der Waals surface area contributed by atoms with Crippen LogP contribution in [0.15, 0.2) is 18.2 Å². The van der Waals surface area contributed by atoms with E-state index in [-0.39, 0.29) is 23.2 Å². The molecule has 1 heterocycles. The molecule has 1 aromatic rings. The maximum absolute atomic E-state index is 5.91. The first kappa shape index (κ1) is 26.5. The quantitative estimate of drug-likeness (QED) is 0.457. The van der Waals surface area contributed by atoms with Crippen molar-refractivity contribution >= 4 is 12.4 Å². The van der Waals surface area contributed by atoms with E-state index in [2.05, 4.69) is 85.4 Å². The van der Waals surface area contributed by atoms with Crippen LogP contribution in [0.3, 0.4) is 0 Å². The molecule has 3 atom stereocenters. The van der Waals surface area contributed by atoms with Gasteiger partial charge in [0.2, 0.25) is 0 Å². The van der Waals surface area contributed by atoms with Crippen molar-refractivity contribution in [1.82, 2.24) is 4.90 Å². The molecule has 2 nitrogen and oxygen atoms in total. The standard InChI is InChI=1S/C26H45NO.ClH/c1-10-25(6,7)23-13-22(14-24(15-23)26(8,9)11-2)12-19(3)16-27-17-20(4)28-21(5)18-27;/h13-15,19-21H,10-12,16-18H2,1-9H3;1H/t19?,20-,21+;. The maximum Gasteiger partial charge on any atom is 0.0678 e. The number of benzene rings is 1. The van der Waals surface area contributed by atoms with Crippen LogP contribution in [0.25, 0.3) is 0 Å². The summed E-state index contributed by atoms with van der Waals surface area (Å²) in [5, 5.41) is 0. The number of morpholine rings is 1. The van der Waals surface area contributed by atoms with Crippen LogP contribution in [0.4, 0.5) is 0 Å². The Morgan fingerprint density at radius 1 is 0.931 bits per heavy atom. The molecule has 0 amide bonds. The van der Waals surface area contributed by atoms with E-state index in [1.54, 1.807) is 0 Å². The summed E-state index contributed by atoms with van der Waals surface area (Å²) in [4.78, 5) is 2.60. The van der Waals surface area contributed by atoms with Crippen LogP contribution >= 0.6 is 12.4 Å². The fourth-order valence-electron chi connectivity index (χ4n) is 4.34. The average Bonchev–Trinajstić information content (AvgIpc) is 2.60. The molecule has 1 aliphatic heterocycles. The van der Waals surface area contributed by atoms with Gasteiger partial charge in [0.15, 0.2) is 0 Å². The Kier molecular flexibility index (Phi) is 9.71. The Morgan fingerprint density at radius 2 is 1.38 bits per heavy atom. The molecule has 0 radical (unpaired) electrons. The van der Waals surface area contributed by atoms with E-state index in [0.717, 1.165) is 26.1 Å². The maximum atomic E-state index is 5.91. The van der Waals surface area contributed by atoms with Gasteiger partial charge < -0.3 is 4.74 Å². The third-order valence-corrected chi connectivity index (χ3v) is 6.97. The zero-order chi connectivity index (χ0) is 21.1. The summed E-state index contributed by atoms with van der Waals surface area (Å²) in [6.07, 6.45) is 4.19.